The van der Waals surface area contributed by atoms with Gasteiger partial charge in [-0.25, -0.2) is 0 Å². The molecule has 16 heavy (non-hydrogen) atoms. The van der Waals surface area contributed by atoms with Crippen LogP contribution in [0.25, 0.3) is 0 Å². The normalized spacial score (nSPS) is 13.5. The lowest BCUT2D eigenvalue weighted by atomic mass is 10.3. The van der Waals surface area contributed by atoms with Gasteiger partial charge in [0.2, 0.25) is 0 Å². The lowest BCUT2D eigenvalue weighted by Gasteiger charge is -2.15. The first-order chi connectivity index (χ1) is 7.32. The van der Waals surface area contributed by atoms with Crippen molar-refractivity contribution in [2.75, 3.05) is 6.54 Å². The molecule has 6 nitrogen and oxygen atoms in total. The third-order valence-electron chi connectivity index (χ3n) is 1.64. The molecule has 0 aromatic heterocycles. The summed E-state index contributed by atoms with van der Waals surface area (Å²) in [5, 5.41) is 2.50. The van der Waals surface area contributed by atoms with E-state index in [0.717, 1.165) is 0 Å². The van der Waals surface area contributed by atoms with Crippen molar-refractivity contribution in [3.63, 3.8) is 0 Å². The highest BCUT2D eigenvalue weighted by Gasteiger charge is 2.16. The lowest BCUT2D eigenvalue weighted by molar-refractivity contribution is -0.153. The third-order valence-corrected chi connectivity index (χ3v) is 1.64. The predicted octanol–water partition coefficient (Wildman–Crippen LogP) is 0.00580. The Morgan fingerprint density at radius 2 is 1.56 bits per heavy atom. The van der Waals surface area contributed by atoms with Crippen LogP contribution in [-0.4, -0.2) is 36.6 Å². The molecular weight excluding hydrogens is 214 g/mol. The van der Waals surface area contributed by atoms with E-state index in [4.69, 9.17) is 4.74 Å². The second-order valence-electron chi connectivity index (χ2n) is 3.42. The molecule has 0 aliphatic heterocycles. The molecule has 92 valence electrons. The van der Waals surface area contributed by atoms with Gasteiger partial charge in [0.25, 0.3) is 5.91 Å². The Labute approximate surface area is 94.3 Å². The van der Waals surface area contributed by atoms with Gasteiger partial charge in [-0.2, -0.15) is 0 Å². The van der Waals surface area contributed by atoms with Crippen LogP contribution in [0, 0.1) is 0 Å². The maximum Gasteiger partial charge on any atom is 0.303 e. The second-order valence-corrected chi connectivity index (χ2v) is 3.42. The topological polar surface area (TPSA) is 81.7 Å². The number of hydrogen-bond acceptors (Lipinski definition) is 5. The monoisotopic (exact) mass is 231 g/mol. The molecule has 0 fully saturated rings. The second kappa shape index (κ2) is 6.81. The van der Waals surface area contributed by atoms with Crippen LogP contribution in [0.5, 0.6) is 0 Å². The van der Waals surface area contributed by atoms with E-state index >= 15 is 0 Å². The van der Waals surface area contributed by atoms with E-state index in [0.29, 0.717) is 0 Å². The van der Waals surface area contributed by atoms with E-state index in [1.54, 1.807) is 6.92 Å². The Balaban J connectivity index is 3.88. The summed E-state index contributed by atoms with van der Waals surface area (Å²) in [6, 6.07) is 0. The molecule has 0 aliphatic rings. The molecule has 6 heteroatoms. The highest BCUT2D eigenvalue weighted by molar-refractivity contribution is 5.82. The zero-order valence-electron chi connectivity index (χ0n) is 9.90. The number of amides is 1. The minimum Gasteiger partial charge on any atom is -0.461 e. The van der Waals surface area contributed by atoms with Gasteiger partial charge in [0, 0.05) is 13.8 Å². The first-order valence-corrected chi connectivity index (χ1v) is 4.95. The lowest BCUT2D eigenvalue weighted by Crippen LogP contribution is -2.39. The molecule has 0 saturated carbocycles. The maximum atomic E-state index is 11.3. The summed E-state index contributed by atoms with van der Waals surface area (Å²) in [5.74, 6) is -1.35. The van der Waals surface area contributed by atoms with Crippen molar-refractivity contribution in [2.45, 2.75) is 39.9 Å². The van der Waals surface area contributed by atoms with Gasteiger partial charge in [-0.05, 0) is 13.8 Å². The smallest absolute Gasteiger partial charge is 0.303 e. The van der Waals surface area contributed by atoms with Crippen molar-refractivity contribution < 1.29 is 23.9 Å². The number of carbonyl (C=O) groups is 3. The molecule has 0 radical (unpaired) electrons. The summed E-state index contributed by atoms with van der Waals surface area (Å²) < 4.78 is 9.47. The van der Waals surface area contributed by atoms with Crippen LogP contribution >= 0.6 is 0 Å². The van der Waals surface area contributed by atoms with Gasteiger partial charge in [-0.3, -0.25) is 14.4 Å². The average molecular weight is 231 g/mol. The number of carbonyl (C=O) groups excluding carboxylic acids is 3. The van der Waals surface area contributed by atoms with Gasteiger partial charge in [0.05, 0.1) is 6.54 Å². The molecule has 0 aromatic carbocycles. The minimum absolute atomic E-state index is 0.185. The molecule has 2 atom stereocenters. The fourth-order valence-corrected chi connectivity index (χ4v) is 1.02. The SMILES string of the molecule is CC(=O)O[C@H](C)CNC(=O)[C@H](C)OC(C)=O. The largest absolute Gasteiger partial charge is 0.461 e. The Bertz CT molecular complexity index is 276. The van der Waals surface area contributed by atoms with Crippen molar-refractivity contribution in [3.05, 3.63) is 0 Å². The van der Waals surface area contributed by atoms with Crippen LogP contribution in [0.3, 0.4) is 0 Å². The standard InChI is InChI=1S/C10H17NO5/c1-6(15-8(3)12)5-11-10(14)7(2)16-9(4)13/h6-7H,5H2,1-4H3,(H,11,14)/t6-,7+/m1/s1. The highest BCUT2D eigenvalue weighted by Crippen LogP contribution is 1.93. The van der Waals surface area contributed by atoms with E-state index in [1.807, 2.05) is 0 Å². The van der Waals surface area contributed by atoms with Crippen LogP contribution in [-0.2, 0) is 23.9 Å². The van der Waals surface area contributed by atoms with E-state index in [-0.39, 0.29) is 6.54 Å². The number of rotatable bonds is 5. The van der Waals surface area contributed by atoms with Crippen molar-refractivity contribution >= 4 is 17.8 Å². The van der Waals surface area contributed by atoms with Gasteiger partial charge < -0.3 is 14.8 Å². The summed E-state index contributed by atoms with van der Waals surface area (Å²) in [4.78, 5) is 32.5. The Kier molecular flexibility index (Phi) is 6.14. The fourth-order valence-electron chi connectivity index (χ4n) is 1.02. The summed E-state index contributed by atoms with van der Waals surface area (Å²) in [6.45, 7) is 5.82. The van der Waals surface area contributed by atoms with Gasteiger partial charge in [0.1, 0.15) is 6.10 Å². The fraction of sp³-hybridized carbons (Fsp3) is 0.700. The third kappa shape index (κ3) is 6.80. The number of nitrogens with one attached hydrogen (secondary N) is 1. The van der Waals surface area contributed by atoms with E-state index in [1.165, 1.54) is 20.8 Å². The maximum absolute atomic E-state index is 11.3. The summed E-state index contributed by atoms with van der Waals surface area (Å²) in [5.41, 5.74) is 0. The summed E-state index contributed by atoms with van der Waals surface area (Å²) in [7, 11) is 0. The molecular formula is C10H17NO5. The molecule has 0 rings (SSSR count). The van der Waals surface area contributed by atoms with Crippen LogP contribution in [0.2, 0.25) is 0 Å². The molecule has 0 aromatic rings. The molecule has 0 aliphatic carbocycles. The Morgan fingerprint density at radius 1 is 1.06 bits per heavy atom. The van der Waals surface area contributed by atoms with E-state index in [9.17, 15) is 14.4 Å². The molecule has 0 bridgehead atoms. The average Bonchev–Trinajstić information content (AvgIpc) is 2.11. The summed E-state index contributed by atoms with van der Waals surface area (Å²) >= 11 is 0. The zero-order chi connectivity index (χ0) is 12.7. The van der Waals surface area contributed by atoms with Gasteiger partial charge in [-0.1, -0.05) is 0 Å². The Morgan fingerprint density at radius 3 is 2.00 bits per heavy atom. The predicted molar refractivity (Wildman–Crippen MR) is 55.5 cm³/mol. The van der Waals surface area contributed by atoms with E-state index < -0.39 is 30.1 Å². The number of hydrogen-bond donors (Lipinski definition) is 1. The number of esters is 2. The quantitative estimate of drug-likeness (QED) is 0.674. The van der Waals surface area contributed by atoms with Gasteiger partial charge >= 0.3 is 11.9 Å². The molecule has 0 unspecified atom stereocenters. The first kappa shape index (κ1) is 14.4. The molecule has 0 saturated heterocycles. The van der Waals surface area contributed by atoms with Crippen LogP contribution in [0.15, 0.2) is 0 Å². The molecule has 1 N–H and O–H groups in total. The van der Waals surface area contributed by atoms with Crippen molar-refractivity contribution in [1.82, 2.24) is 5.32 Å². The minimum atomic E-state index is -0.845. The number of ether oxygens (including phenoxy) is 2. The van der Waals surface area contributed by atoms with Crippen LogP contribution in [0.1, 0.15) is 27.7 Å². The molecule has 0 heterocycles. The van der Waals surface area contributed by atoms with Crippen molar-refractivity contribution in [3.8, 4) is 0 Å². The van der Waals surface area contributed by atoms with Crippen molar-refractivity contribution in [2.24, 2.45) is 0 Å². The highest BCUT2D eigenvalue weighted by atomic mass is 16.5. The van der Waals surface area contributed by atoms with E-state index in [2.05, 4.69) is 10.1 Å². The van der Waals surface area contributed by atoms with Crippen molar-refractivity contribution in [1.29, 1.82) is 0 Å². The molecule has 1 amide bonds. The van der Waals surface area contributed by atoms with Gasteiger partial charge in [0.15, 0.2) is 6.10 Å². The van der Waals surface area contributed by atoms with Crippen LogP contribution in [0.4, 0.5) is 0 Å². The zero-order valence-corrected chi connectivity index (χ0v) is 9.90. The molecule has 0 spiro atoms. The summed E-state index contributed by atoms with van der Waals surface area (Å²) in [6.07, 6.45) is -1.26. The Hall–Kier alpha value is -1.59. The first-order valence-electron chi connectivity index (χ1n) is 4.95. The van der Waals surface area contributed by atoms with Crippen LogP contribution < -0.4 is 5.32 Å². The van der Waals surface area contributed by atoms with Gasteiger partial charge in [-0.15, -0.1) is 0 Å².